The lowest BCUT2D eigenvalue weighted by molar-refractivity contribution is -0.116. The molecule has 1 heterocycles. The number of carbonyl (C=O) groups is 1. The summed E-state index contributed by atoms with van der Waals surface area (Å²) in [5, 5.41) is 0.180. The van der Waals surface area contributed by atoms with E-state index in [0.717, 1.165) is 5.57 Å². The van der Waals surface area contributed by atoms with E-state index in [9.17, 15) is 4.79 Å². The highest BCUT2D eigenvalue weighted by atomic mass is 28.4. The van der Waals surface area contributed by atoms with Gasteiger partial charge in [0.25, 0.3) is 0 Å². The molecule has 0 saturated carbocycles. The molecule has 1 aliphatic heterocycles. The molecule has 0 aromatic heterocycles. The minimum Gasteiger partial charge on any atom is -0.407 e. The first kappa shape index (κ1) is 13.0. The normalized spacial score (nSPS) is 33.2. The molecular formula is C13H22O3Si. The van der Waals surface area contributed by atoms with Crippen LogP contribution in [0.25, 0.3) is 0 Å². The van der Waals surface area contributed by atoms with Crippen molar-refractivity contribution in [2.75, 3.05) is 0 Å². The summed E-state index contributed by atoms with van der Waals surface area (Å²) in [6, 6.07) is 0. The predicted octanol–water partition coefficient (Wildman–Crippen LogP) is 2.67. The number of carbonyl (C=O) groups excluding carboxylic acids is 1. The Morgan fingerprint density at radius 1 is 1.35 bits per heavy atom. The third kappa shape index (κ3) is 2.26. The number of rotatable bonds is 2. The maximum Gasteiger partial charge on any atom is 0.193 e. The Balaban J connectivity index is 2.15. The molecule has 0 spiro atoms. The van der Waals surface area contributed by atoms with Crippen molar-refractivity contribution >= 4 is 14.1 Å². The predicted molar refractivity (Wildman–Crippen MR) is 69.5 cm³/mol. The Morgan fingerprint density at radius 2 is 1.94 bits per heavy atom. The molecule has 0 radical (unpaired) electrons. The van der Waals surface area contributed by atoms with Gasteiger partial charge in [-0.05, 0) is 36.7 Å². The van der Waals surface area contributed by atoms with Gasteiger partial charge in [-0.15, -0.1) is 0 Å². The maximum atomic E-state index is 11.5. The first-order valence-electron chi connectivity index (χ1n) is 6.19. The molecule has 0 amide bonds. The molecule has 0 bridgehead atoms. The Kier molecular flexibility index (Phi) is 2.88. The van der Waals surface area contributed by atoms with Crippen molar-refractivity contribution in [3.63, 3.8) is 0 Å². The van der Waals surface area contributed by atoms with Gasteiger partial charge in [-0.3, -0.25) is 4.79 Å². The van der Waals surface area contributed by atoms with Gasteiger partial charge >= 0.3 is 0 Å². The molecule has 1 saturated heterocycles. The van der Waals surface area contributed by atoms with Gasteiger partial charge in [-0.2, -0.15) is 0 Å². The highest BCUT2D eigenvalue weighted by molar-refractivity contribution is 6.74. The van der Waals surface area contributed by atoms with Gasteiger partial charge < -0.3 is 9.16 Å². The van der Waals surface area contributed by atoms with Crippen molar-refractivity contribution < 1.29 is 14.0 Å². The Labute approximate surface area is 104 Å². The molecule has 4 heteroatoms. The summed E-state index contributed by atoms with van der Waals surface area (Å²) in [5.41, 5.74) is 1.01. The van der Waals surface area contributed by atoms with Gasteiger partial charge in [0.2, 0.25) is 0 Å². The van der Waals surface area contributed by atoms with Crippen molar-refractivity contribution in [1.29, 1.82) is 0 Å². The van der Waals surface area contributed by atoms with Crippen LogP contribution in [0.2, 0.25) is 18.1 Å². The monoisotopic (exact) mass is 254 g/mol. The van der Waals surface area contributed by atoms with Crippen molar-refractivity contribution in [1.82, 2.24) is 0 Å². The number of ether oxygens (including phenoxy) is 1. The van der Waals surface area contributed by atoms with E-state index < -0.39 is 8.32 Å². The third-order valence-electron chi connectivity index (χ3n) is 4.15. The fraction of sp³-hybridized carbons (Fsp3) is 0.769. The smallest absolute Gasteiger partial charge is 0.193 e. The largest absolute Gasteiger partial charge is 0.407 e. The molecule has 2 aliphatic rings. The minimum absolute atomic E-state index is 0.0152. The SMILES string of the molecule is CC1=CC(=O)[C@H]2O[C@H]2[C@H]1O[Si](C)(C)C(C)(C)C. The van der Waals surface area contributed by atoms with Gasteiger partial charge in [0.15, 0.2) is 14.1 Å². The van der Waals surface area contributed by atoms with Crippen molar-refractivity contribution in [3.05, 3.63) is 11.6 Å². The summed E-state index contributed by atoms with van der Waals surface area (Å²) < 4.78 is 11.8. The molecule has 1 aliphatic carbocycles. The lowest BCUT2D eigenvalue weighted by Crippen LogP contribution is -2.46. The van der Waals surface area contributed by atoms with E-state index in [0.29, 0.717) is 0 Å². The van der Waals surface area contributed by atoms with Crippen LogP contribution in [0.5, 0.6) is 0 Å². The van der Waals surface area contributed by atoms with Crippen LogP contribution in [0, 0.1) is 0 Å². The van der Waals surface area contributed by atoms with Crippen LogP contribution >= 0.6 is 0 Å². The zero-order valence-electron chi connectivity index (χ0n) is 11.5. The highest BCUT2D eigenvalue weighted by Gasteiger charge is 2.55. The molecule has 17 heavy (non-hydrogen) atoms. The average Bonchev–Trinajstić information content (AvgIpc) is 2.89. The van der Waals surface area contributed by atoms with E-state index in [2.05, 4.69) is 33.9 Å². The number of epoxide rings is 1. The van der Waals surface area contributed by atoms with E-state index in [1.54, 1.807) is 6.08 Å². The molecule has 1 fully saturated rings. The van der Waals surface area contributed by atoms with E-state index in [4.69, 9.17) is 9.16 Å². The molecule has 96 valence electrons. The van der Waals surface area contributed by atoms with Crippen LogP contribution in [-0.4, -0.2) is 32.4 Å². The average molecular weight is 254 g/mol. The van der Waals surface area contributed by atoms with Gasteiger partial charge in [0.05, 0.1) is 6.10 Å². The quantitative estimate of drug-likeness (QED) is 0.562. The lowest BCUT2D eigenvalue weighted by Gasteiger charge is -2.39. The highest BCUT2D eigenvalue weighted by Crippen LogP contribution is 2.43. The van der Waals surface area contributed by atoms with Crippen molar-refractivity contribution in [3.8, 4) is 0 Å². The fourth-order valence-corrected chi connectivity index (χ4v) is 3.19. The number of hydrogen-bond donors (Lipinski definition) is 0. The number of ketones is 1. The molecule has 3 atom stereocenters. The fourth-order valence-electron chi connectivity index (χ4n) is 1.88. The van der Waals surface area contributed by atoms with E-state index in [-0.39, 0.29) is 29.1 Å². The summed E-state index contributed by atoms with van der Waals surface area (Å²) in [6.45, 7) is 13.1. The zero-order valence-corrected chi connectivity index (χ0v) is 12.5. The second kappa shape index (κ2) is 3.77. The van der Waals surface area contributed by atoms with E-state index >= 15 is 0 Å². The second-order valence-electron chi connectivity index (χ2n) is 6.61. The van der Waals surface area contributed by atoms with Gasteiger partial charge in [0, 0.05) is 0 Å². The van der Waals surface area contributed by atoms with Crippen LogP contribution in [0.3, 0.4) is 0 Å². The summed E-state index contributed by atoms with van der Waals surface area (Å²) >= 11 is 0. The van der Waals surface area contributed by atoms with Crippen LogP contribution in [0.1, 0.15) is 27.7 Å². The zero-order chi connectivity index (χ0) is 13.0. The van der Waals surface area contributed by atoms with E-state index in [1.165, 1.54) is 0 Å². The minimum atomic E-state index is -1.80. The van der Waals surface area contributed by atoms with Crippen LogP contribution < -0.4 is 0 Å². The van der Waals surface area contributed by atoms with Crippen molar-refractivity contribution in [2.45, 2.75) is 64.1 Å². The molecule has 0 aromatic rings. The molecule has 0 unspecified atom stereocenters. The van der Waals surface area contributed by atoms with Crippen LogP contribution in [0.15, 0.2) is 11.6 Å². The van der Waals surface area contributed by atoms with Gasteiger partial charge in [-0.1, -0.05) is 20.8 Å². The van der Waals surface area contributed by atoms with Crippen LogP contribution in [-0.2, 0) is 14.0 Å². The van der Waals surface area contributed by atoms with E-state index in [1.807, 2.05) is 6.92 Å². The molecule has 3 nitrogen and oxygen atoms in total. The molecule has 0 aromatic carbocycles. The summed E-state index contributed by atoms with van der Waals surface area (Å²) in [7, 11) is -1.80. The second-order valence-corrected chi connectivity index (χ2v) is 11.4. The Morgan fingerprint density at radius 3 is 2.47 bits per heavy atom. The Bertz CT molecular complexity index is 379. The molecule has 0 N–H and O–H groups in total. The lowest BCUT2D eigenvalue weighted by atomic mass is 9.97. The number of hydrogen-bond acceptors (Lipinski definition) is 3. The van der Waals surface area contributed by atoms with Crippen molar-refractivity contribution in [2.24, 2.45) is 0 Å². The van der Waals surface area contributed by atoms with Gasteiger partial charge in [-0.25, -0.2) is 0 Å². The van der Waals surface area contributed by atoms with Gasteiger partial charge in [0.1, 0.15) is 12.2 Å². The third-order valence-corrected chi connectivity index (χ3v) is 8.61. The first-order chi connectivity index (χ1) is 7.63. The summed E-state index contributed by atoms with van der Waals surface area (Å²) in [6.07, 6.45) is 1.42. The number of fused-ring (bicyclic) bond motifs is 1. The topological polar surface area (TPSA) is 38.8 Å². The first-order valence-corrected chi connectivity index (χ1v) is 9.09. The summed E-state index contributed by atoms with van der Waals surface area (Å²) in [5.74, 6) is 0.0996. The Hall–Kier alpha value is -0.453. The maximum absolute atomic E-state index is 11.5. The summed E-state index contributed by atoms with van der Waals surface area (Å²) in [4.78, 5) is 11.5. The molecule has 2 rings (SSSR count). The standard InChI is InChI=1S/C13H22O3Si/c1-8-7-9(14)11-12(15-11)10(8)16-17(5,6)13(2,3)4/h7,10-12H,1-6H3/t10-,11+,12-/m0/s1. The van der Waals surface area contributed by atoms with Crippen LogP contribution in [0.4, 0.5) is 0 Å². The molecular weight excluding hydrogens is 232 g/mol.